The van der Waals surface area contributed by atoms with E-state index in [1.54, 1.807) is 17.1 Å². The number of nitrogens with zero attached hydrogens (tertiary/aromatic N) is 4. The third-order valence-corrected chi connectivity index (χ3v) is 5.16. The van der Waals surface area contributed by atoms with Gasteiger partial charge in [0.25, 0.3) is 5.56 Å². The first-order valence-electron chi connectivity index (χ1n) is 8.79. The minimum atomic E-state index is -0.0455. The van der Waals surface area contributed by atoms with Crippen LogP contribution in [-0.4, -0.2) is 28.6 Å². The number of pyridine rings is 1. The summed E-state index contributed by atoms with van der Waals surface area (Å²) in [6.07, 6.45) is 10.4. The Morgan fingerprint density at radius 3 is 2.77 bits per heavy atom. The second kappa shape index (κ2) is 7.41. The van der Waals surface area contributed by atoms with Gasteiger partial charge in [0, 0.05) is 26.0 Å². The van der Waals surface area contributed by atoms with Crippen molar-refractivity contribution < 1.29 is 0 Å². The van der Waals surface area contributed by atoms with Crippen LogP contribution in [-0.2, 0) is 0 Å². The normalized spacial score (nSPS) is 12.8. The molecule has 0 amide bonds. The molecule has 5 nitrogen and oxygen atoms in total. The fraction of sp³-hybridized carbons (Fsp3) is 0.350. The van der Waals surface area contributed by atoms with Gasteiger partial charge in [-0.2, -0.15) is 0 Å². The molecule has 0 saturated heterocycles. The van der Waals surface area contributed by atoms with E-state index in [-0.39, 0.29) is 5.56 Å². The predicted octanol–water partition coefficient (Wildman–Crippen LogP) is 4.54. The van der Waals surface area contributed by atoms with Gasteiger partial charge >= 0.3 is 0 Å². The molecule has 0 aliphatic heterocycles. The first-order valence-corrected chi connectivity index (χ1v) is 9.60. The lowest BCUT2D eigenvalue weighted by molar-refractivity contribution is 0.830. The number of hydrogen-bond acceptors (Lipinski definition) is 5. The van der Waals surface area contributed by atoms with Crippen molar-refractivity contribution in [3.05, 3.63) is 47.2 Å². The molecule has 0 fully saturated rings. The summed E-state index contributed by atoms with van der Waals surface area (Å²) in [6, 6.07) is 1.95. The molecular formula is C20H24N4OS. The number of hydrogen-bond donors (Lipinski definition) is 0. The van der Waals surface area contributed by atoms with Gasteiger partial charge in [-0.1, -0.05) is 32.9 Å². The van der Waals surface area contributed by atoms with Crippen molar-refractivity contribution in [2.75, 3.05) is 19.0 Å². The Labute approximate surface area is 157 Å². The summed E-state index contributed by atoms with van der Waals surface area (Å²) >= 11 is 1.41. The van der Waals surface area contributed by atoms with E-state index in [1.807, 2.05) is 37.2 Å². The van der Waals surface area contributed by atoms with Crippen molar-refractivity contribution in [1.82, 2.24) is 14.5 Å². The molecule has 3 aromatic rings. The molecule has 3 rings (SSSR count). The van der Waals surface area contributed by atoms with E-state index in [2.05, 4.69) is 36.8 Å². The lowest BCUT2D eigenvalue weighted by Crippen LogP contribution is -2.18. The third-order valence-electron chi connectivity index (χ3n) is 4.09. The van der Waals surface area contributed by atoms with Gasteiger partial charge in [0.1, 0.15) is 15.9 Å². The Balaban J connectivity index is 2.27. The second-order valence-electron chi connectivity index (χ2n) is 6.74. The molecule has 0 N–H and O–H groups in total. The third kappa shape index (κ3) is 3.29. The monoisotopic (exact) mass is 368 g/mol. The fourth-order valence-electron chi connectivity index (χ4n) is 2.84. The summed E-state index contributed by atoms with van der Waals surface area (Å²) in [5.74, 6) is 0.416. The minimum absolute atomic E-state index is 0.0455. The molecule has 0 spiro atoms. The van der Waals surface area contributed by atoms with E-state index in [1.165, 1.54) is 11.3 Å². The van der Waals surface area contributed by atoms with Crippen LogP contribution in [0.25, 0.3) is 26.1 Å². The molecule has 3 heterocycles. The van der Waals surface area contributed by atoms with Crippen LogP contribution in [0.1, 0.15) is 27.2 Å². The average Bonchev–Trinajstić information content (AvgIpc) is 2.98. The number of allylic oxidation sites excluding steroid dienone is 4. The lowest BCUT2D eigenvalue weighted by atomic mass is 10.2. The van der Waals surface area contributed by atoms with E-state index in [0.29, 0.717) is 10.6 Å². The van der Waals surface area contributed by atoms with Crippen LogP contribution in [0.3, 0.4) is 0 Å². The highest BCUT2D eigenvalue weighted by Crippen LogP contribution is 2.35. The first-order chi connectivity index (χ1) is 12.4. The van der Waals surface area contributed by atoms with Crippen LogP contribution in [0.5, 0.6) is 0 Å². The molecule has 0 aliphatic carbocycles. The molecular weight excluding hydrogens is 344 g/mol. The van der Waals surface area contributed by atoms with Crippen LogP contribution < -0.4 is 10.5 Å². The van der Waals surface area contributed by atoms with Gasteiger partial charge in [-0.05, 0) is 24.5 Å². The highest BCUT2D eigenvalue weighted by Gasteiger charge is 2.17. The second-order valence-corrected chi connectivity index (χ2v) is 7.74. The molecule has 3 aromatic heterocycles. The highest BCUT2D eigenvalue weighted by atomic mass is 32.1. The van der Waals surface area contributed by atoms with Gasteiger partial charge in [-0.25, -0.2) is 9.97 Å². The predicted molar refractivity (Wildman–Crippen MR) is 112 cm³/mol. The van der Waals surface area contributed by atoms with Crippen molar-refractivity contribution in [2.45, 2.75) is 27.2 Å². The molecule has 0 aromatic carbocycles. The number of anilines is 1. The molecule has 0 atom stereocenters. The molecule has 0 bridgehead atoms. The van der Waals surface area contributed by atoms with Crippen molar-refractivity contribution in [3.8, 4) is 0 Å². The molecule has 0 aliphatic rings. The van der Waals surface area contributed by atoms with E-state index in [9.17, 15) is 4.79 Å². The molecule has 136 valence electrons. The van der Waals surface area contributed by atoms with E-state index < -0.39 is 0 Å². The SMILES string of the molecule is CC/C=C(\C=C/C(C)C)n1cnc2c(sc3nccc(N(C)C)c32)c1=O. The molecule has 0 unspecified atom stereocenters. The Morgan fingerprint density at radius 1 is 1.35 bits per heavy atom. The molecule has 0 saturated carbocycles. The van der Waals surface area contributed by atoms with Crippen LogP contribution in [0.15, 0.2) is 41.6 Å². The maximum Gasteiger partial charge on any atom is 0.275 e. The Kier molecular flexibility index (Phi) is 5.23. The summed E-state index contributed by atoms with van der Waals surface area (Å²) in [7, 11) is 3.97. The number of thiophene rings is 1. The van der Waals surface area contributed by atoms with Gasteiger partial charge in [0.2, 0.25) is 0 Å². The fourth-order valence-corrected chi connectivity index (χ4v) is 3.89. The number of fused-ring (bicyclic) bond motifs is 3. The summed E-state index contributed by atoms with van der Waals surface area (Å²) in [4.78, 5) is 25.1. The number of aromatic nitrogens is 3. The Morgan fingerprint density at radius 2 is 2.12 bits per heavy atom. The largest absolute Gasteiger partial charge is 0.377 e. The van der Waals surface area contributed by atoms with Crippen LogP contribution in [0.4, 0.5) is 5.69 Å². The van der Waals surface area contributed by atoms with Gasteiger partial charge in [-0.15, -0.1) is 11.3 Å². The maximum atomic E-state index is 13.2. The zero-order valence-corrected chi connectivity index (χ0v) is 16.7. The van der Waals surface area contributed by atoms with Gasteiger partial charge in [0.15, 0.2) is 0 Å². The van der Waals surface area contributed by atoms with Crippen molar-refractivity contribution in [2.24, 2.45) is 5.92 Å². The molecule has 0 radical (unpaired) electrons. The minimum Gasteiger partial charge on any atom is -0.377 e. The quantitative estimate of drug-likeness (QED) is 0.621. The standard InChI is InChI=1S/C20H24N4OS/c1-6-7-14(9-8-13(2)3)24-12-22-17-16-15(23(4)5)10-11-21-19(16)26-18(17)20(24)25/h7-13H,6H2,1-5H3/b9-8-,14-7+. The Hall–Kier alpha value is -2.47. The zero-order chi connectivity index (χ0) is 18.8. The van der Waals surface area contributed by atoms with E-state index >= 15 is 0 Å². The van der Waals surface area contributed by atoms with E-state index in [0.717, 1.165) is 33.5 Å². The van der Waals surface area contributed by atoms with Gasteiger partial charge in [-0.3, -0.25) is 9.36 Å². The average molecular weight is 369 g/mol. The van der Waals surface area contributed by atoms with Crippen molar-refractivity contribution >= 4 is 43.2 Å². The summed E-state index contributed by atoms with van der Waals surface area (Å²) in [6.45, 7) is 6.29. The van der Waals surface area contributed by atoms with Crippen molar-refractivity contribution in [3.63, 3.8) is 0 Å². The van der Waals surface area contributed by atoms with Gasteiger partial charge in [0.05, 0.1) is 16.6 Å². The van der Waals surface area contributed by atoms with Crippen LogP contribution in [0, 0.1) is 5.92 Å². The Bertz CT molecular complexity index is 1060. The summed E-state index contributed by atoms with van der Waals surface area (Å²) in [5, 5.41) is 0.945. The van der Waals surface area contributed by atoms with E-state index in [4.69, 9.17) is 0 Å². The summed E-state index contributed by atoms with van der Waals surface area (Å²) < 4.78 is 2.28. The maximum absolute atomic E-state index is 13.2. The highest BCUT2D eigenvalue weighted by molar-refractivity contribution is 7.25. The van der Waals surface area contributed by atoms with Gasteiger partial charge < -0.3 is 4.90 Å². The zero-order valence-electron chi connectivity index (χ0n) is 15.9. The first kappa shape index (κ1) is 18.3. The van der Waals surface area contributed by atoms with Crippen LogP contribution >= 0.6 is 11.3 Å². The topological polar surface area (TPSA) is 51.0 Å². The smallest absolute Gasteiger partial charge is 0.275 e. The lowest BCUT2D eigenvalue weighted by Gasteiger charge is -2.13. The number of rotatable bonds is 5. The van der Waals surface area contributed by atoms with Crippen molar-refractivity contribution in [1.29, 1.82) is 0 Å². The summed E-state index contributed by atoms with van der Waals surface area (Å²) in [5.41, 5.74) is 2.57. The van der Waals surface area contributed by atoms with Crippen LogP contribution in [0.2, 0.25) is 0 Å². The molecule has 6 heteroatoms. The molecule has 26 heavy (non-hydrogen) atoms.